The smallest absolute Gasteiger partial charge is 0.305 e. The number of unbranched alkanes of at least 4 members (excludes halogenated alkanes) is 56. The third kappa shape index (κ3) is 72.9. The van der Waals surface area contributed by atoms with E-state index in [1.807, 2.05) is 0 Å². The number of aliphatic hydroxyl groups excluding tert-OH is 2. The van der Waals surface area contributed by atoms with Crippen molar-refractivity contribution >= 4 is 11.9 Å². The normalized spacial score (nSPS) is 12.7. The van der Waals surface area contributed by atoms with Gasteiger partial charge in [-0.2, -0.15) is 0 Å². The van der Waals surface area contributed by atoms with Gasteiger partial charge in [-0.3, -0.25) is 9.59 Å². The van der Waals surface area contributed by atoms with Gasteiger partial charge in [-0.25, -0.2) is 0 Å². The molecule has 0 aromatic carbocycles. The van der Waals surface area contributed by atoms with E-state index in [1.165, 1.54) is 347 Å². The number of carbonyl (C=O) groups excluding carboxylic acids is 2. The maximum absolute atomic E-state index is 12.6. The average Bonchev–Trinajstić information content (AvgIpc) is 3.58. The molecule has 0 fully saturated rings. The maximum Gasteiger partial charge on any atom is 0.305 e. The van der Waals surface area contributed by atoms with Gasteiger partial charge in [0.05, 0.1) is 25.4 Å². The zero-order chi connectivity index (χ0) is 63.5. The van der Waals surface area contributed by atoms with E-state index in [9.17, 15) is 19.8 Å². The summed E-state index contributed by atoms with van der Waals surface area (Å²) in [6, 6.07) is -0.541. The first-order chi connectivity index (χ1) is 43.5. The second kappa shape index (κ2) is 77.3. The fourth-order valence-corrected chi connectivity index (χ4v) is 12.5. The lowest BCUT2D eigenvalue weighted by Gasteiger charge is -2.22. The van der Waals surface area contributed by atoms with Gasteiger partial charge in [0, 0.05) is 12.8 Å². The van der Waals surface area contributed by atoms with Crippen molar-refractivity contribution in [2.45, 2.75) is 450 Å². The first-order valence-corrected chi connectivity index (χ1v) is 39.9. The summed E-state index contributed by atoms with van der Waals surface area (Å²) in [7, 11) is 0. The molecule has 0 radical (unpaired) electrons. The molecule has 0 spiro atoms. The predicted octanol–water partition coefficient (Wildman–Crippen LogP) is 26.4. The minimum Gasteiger partial charge on any atom is -0.466 e. The van der Waals surface area contributed by atoms with E-state index in [0.717, 1.165) is 57.8 Å². The molecular formula is C82H155NO5. The minimum absolute atomic E-state index is 0.00372. The third-order valence-corrected chi connectivity index (χ3v) is 18.6. The van der Waals surface area contributed by atoms with Crippen LogP contribution in [0.3, 0.4) is 0 Å². The van der Waals surface area contributed by atoms with Gasteiger partial charge in [0.1, 0.15) is 0 Å². The topological polar surface area (TPSA) is 95.9 Å². The molecule has 0 aromatic rings. The molecule has 0 rings (SSSR count). The molecule has 518 valence electrons. The lowest BCUT2D eigenvalue weighted by atomic mass is 10.0. The Bertz CT molecular complexity index is 1470. The van der Waals surface area contributed by atoms with Crippen LogP contribution in [0.2, 0.25) is 0 Å². The van der Waals surface area contributed by atoms with Gasteiger partial charge < -0.3 is 20.3 Å². The van der Waals surface area contributed by atoms with Gasteiger partial charge in [-0.15, -0.1) is 0 Å². The fraction of sp³-hybridized carbons (Fsp3) is 0.878. The number of esters is 1. The molecule has 0 aliphatic rings. The number of rotatable bonds is 75. The Morgan fingerprint density at radius 2 is 0.568 bits per heavy atom. The van der Waals surface area contributed by atoms with Gasteiger partial charge >= 0.3 is 5.97 Å². The molecule has 0 aromatic heterocycles. The van der Waals surface area contributed by atoms with Crippen molar-refractivity contribution in [2.24, 2.45) is 0 Å². The van der Waals surface area contributed by atoms with Crippen molar-refractivity contribution in [1.29, 1.82) is 0 Å². The van der Waals surface area contributed by atoms with Crippen LogP contribution < -0.4 is 5.32 Å². The average molecular weight is 1240 g/mol. The number of allylic oxidation sites excluding steroid dienone is 8. The quantitative estimate of drug-likeness (QED) is 0.0320. The first kappa shape index (κ1) is 85.8. The van der Waals surface area contributed by atoms with Crippen molar-refractivity contribution < 1.29 is 24.5 Å². The zero-order valence-electron chi connectivity index (χ0n) is 59.5. The van der Waals surface area contributed by atoms with Crippen LogP contribution in [0.5, 0.6) is 0 Å². The van der Waals surface area contributed by atoms with Crippen molar-refractivity contribution in [1.82, 2.24) is 5.32 Å². The molecule has 6 heteroatoms. The molecule has 88 heavy (non-hydrogen) atoms. The van der Waals surface area contributed by atoms with Crippen LogP contribution in [0.4, 0.5) is 0 Å². The van der Waals surface area contributed by atoms with Crippen molar-refractivity contribution in [3.63, 3.8) is 0 Å². The van der Waals surface area contributed by atoms with Crippen molar-refractivity contribution in [3.8, 4) is 0 Å². The molecular weight excluding hydrogens is 1080 g/mol. The predicted molar refractivity (Wildman–Crippen MR) is 389 cm³/mol. The van der Waals surface area contributed by atoms with Gasteiger partial charge in [0.15, 0.2) is 0 Å². The van der Waals surface area contributed by atoms with Gasteiger partial charge in [-0.05, 0) is 89.9 Å². The van der Waals surface area contributed by atoms with Crippen LogP contribution in [-0.2, 0) is 14.3 Å². The summed E-state index contributed by atoms with van der Waals surface area (Å²) < 4.78 is 5.49. The van der Waals surface area contributed by atoms with E-state index >= 15 is 0 Å². The van der Waals surface area contributed by atoms with Gasteiger partial charge in [-0.1, -0.05) is 383 Å². The Labute approximate surface area is 550 Å². The Balaban J connectivity index is 3.38. The molecule has 0 saturated heterocycles. The van der Waals surface area contributed by atoms with Crippen LogP contribution in [0.15, 0.2) is 48.6 Å². The lowest BCUT2D eigenvalue weighted by molar-refractivity contribution is -0.143. The number of carbonyl (C=O) groups is 2. The summed E-state index contributed by atoms with van der Waals surface area (Å²) in [6.07, 6.45) is 102. The molecule has 6 nitrogen and oxygen atoms in total. The highest BCUT2D eigenvalue weighted by atomic mass is 16.5. The zero-order valence-corrected chi connectivity index (χ0v) is 59.5. The molecule has 0 heterocycles. The molecule has 1 amide bonds. The number of ether oxygens (including phenoxy) is 1. The van der Waals surface area contributed by atoms with Crippen LogP contribution >= 0.6 is 0 Å². The van der Waals surface area contributed by atoms with E-state index in [1.54, 1.807) is 0 Å². The summed E-state index contributed by atoms with van der Waals surface area (Å²) in [6.45, 7) is 4.97. The lowest BCUT2D eigenvalue weighted by Crippen LogP contribution is -2.45. The van der Waals surface area contributed by atoms with E-state index < -0.39 is 12.1 Å². The van der Waals surface area contributed by atoms with Crippen molar-refractivity contribution in [2.75, 3.05) is 13.2 Å². The molecule has 2 unspecified atom stereocenters. The highest BCUT2D eigenvalue weighted by Crippen LogP contribution is 2.19. The van der Waals surface area contributed by atoms with Crippen LogP contribution in [0.25, 0.3) is 0 Å². The number of aliphatic hydroxyl groups is 2. The summed E-state index contributed by atoms with van der Waals surface area (Å²) in [5, 5.41) is 23.4. The summed E-state index contributed by atoms with van der Waals surface area (Å²) in [5.74, 6) is -0.0245. The maximum atomic E-state index is 12.6. The Morgan fingerprint density at radius 3 is 0.875 bits per heavy atom. The monoisotopic (exact) mass is 1230 g/mol. The van der Waals surface area contributed by atoms with Crippen molar-refractivity contribution in [3.05, 3.63) is 48.6 Å². The minimum atomic E-state index is -0.664. The molecule has 0 saturated carbocycles. The number of hydrogen-bond donors (Lipinski definition) is 3. The summed E-state index contributed by atoms with van der Waals surface area (Å²) in [5.41, 5.74) is 0. The first-order valence-electron chi connectivity index (χ1n) is 39.9. The Hall–Kier alpha value is -2.18. The van der Waals surface area contributed by atoms with E-state index in [0.29, 0.717) is 25.9 Å². The molecule has 0 aliphatic heterocycles. The molecule has 3 N–H and O–H groups in total. The molecule has 0 bridgehead atoms. The van der Waals surface area contributed by atoms with E-state index in [4.69, 9.17) is 4.74 Å². The van der Waals surface area contributed by atoms with Crippen LogP contribution in [0, 0.1) is 0 Å². The van der Waals surface area contributed by atoms with Crippen LogP contribution in [-0.4, -0.2) is 47.4 Å². The number of nitrogens with one attached hydrogen (secondary N) is 1. The Kier molecular flexibility index (Phi) is 75.4. The van der Waals surface area contributed by atoms with Crippen LogP contribution in [0.1, 0.15) is 438 Å². The second-order valence-electron chi connectivity index (χ2n) is 27.4. The number of amides is 1. The van der Waals surface area contributed by atoms with Gasteiger partial charge in [0.2, 0.25) is 5.91 Å². The fourth-order valence-electron chi connectivity index (χ4n) is 12.5. The molecule has 2 atom stereocenters. The van der Waals surface area contributed by atoms with Gasteiger partial charge in [0.25, 0.3) is 0 Å². The number of hydrogen-bond acceptors (Lipinski definition) is 5. The highest BCUT2D eigenvalue weighted by Gasteiger charge is 2.20. The van der Waals surface area contributed by atoms with E-state index in [-0.39, 0.29) is 18.5 Å². The van der Waals surface area contributed by atoms with E-state index in [2.05, 4.69) is 67.8 Å². The largest absolute Gasteiger partial charge is 0.466 e. The highest BCUT2D eigenvalue weighted by molar-refractivity contribution is 5.76. The SMILES string of the molecule is CCCCCC/C=C\C/C=C\CCCCCCCC(=O)OCCCCCCCCCCCCC/C=C\C/C=C\CCCCCCCCCCCCCCCCCCCC(=O)NC(CO)C(O)CCCCCCCCCCCCCCCCCCCCCC. The summed E-state index contributed by atoms with van der Waals surface area (Å²) >= 11 is 0. The molecule has 0 aliphatic carbocycles. The Morgan fingerprint density at radius 1 is 0.318 bits per heavy atom. The summed E-state index contributed by atoms with van der Waals surface area (Å²) in [4.78, 5) is 24.6. The standard InChI is InChI=1S/C82H155NO5/c1-3-5-7-9-11-13-15-17-19-21-22-40-43-46-50-54-58-62-66-70-74-80(85)79(78-84)83-81(86)75-71-67-63-59-55-51-47-44-41-38-36-34-32-30-28-26-24-23-25-27-29-31-33-35-37-39-42-45-49-53-57-61-65-69-73-77-88-82(87)76-72-68-64-60-56-52-48-20-18-16-14-12-10-8-6-4-2/h14,16,20,25,27,31,33,48,79-80,84-85H,3-13,15,17-19,21-24,26,28-30,32,34-47,49-78H2,1-2H3,(H,83,86)/b16-14-,27-25-,33-31-,48-20-. The third-order valence-electron chi connectivity index (χ3n) is 18.6. The second-order valence-corrected chi connectivity index (χ2v) is 27.4.